The van der Waals surface area contributed by atoms with Crippen LogP contribution in [0.25, 0.3) is 0 Å². The van der Waals surface area contributed by atoms with E-state index < -0.39 is 0 Å². The average molecular weight is 367 g/mol. The van der Waals surface area contributed by atoms with Gasteiger partial charge in [-0.1, -0.05) is 73.4 Å². The molecule has 0 unspecified atom stereocenters. The van der Waals surface area contributed by atoms with Crippen LogP contribution in [0.15, 0.2) is 54.1 Å². The molecular weight excluding hydrogens is 328 g/mol. The Bertz CT molecular complexity index is 569. The van der Waals surface area contributed by atoms with Gasteiger partial charge >= 0.3 is 0 Å². The molecule has 0 spiro atoms. The van der Waals surface area contributed by atoms with Crippen LogP contribution in [0, 0.1) is 0 Å². The fourth-order valence-corrected chi connectivity index (χ4v) is 4.47. The molecule has 2 aliphatic rings. The van der Waals surface area contributed by atoms with Gasteiger partial charge in [0.15, 0.2) is 0 Å². The molecule has 0 heterocycles. The SMILES string of the molecule is C1=CCCC(CCCCNCCN(Cc2ccccc2)C2CCCCC2)=C1. The number of benzene rings is 1. The summed E-state index contributed by atoms with van der Waals surface area (Å²) >= 11 is 0. The third-order valence-corrected chi connectivity index (χ3v) is 6.10. The van der Waals surface area contributed by atoms with Crippen molar-refractivity contribution in [1.29, 1.82) is 0 Å². The Balaban J connectivity index is 1.34. The summed E-state index contributed by atoms with van der Waals surface area (Å²) < 4.78 is 0. The van der Waals surface area contributed by atoms with Crippen LogP contribution in [-0.4, -0.2) is 30.6 Å². The largest absolute Gasteiger partial charge is 0.315 e. The van der Waals surface area contributed by atoms with Gasteiger partial charge in [0.25, 0.3) is 0 Å². The minimum absolute atomic E-state index is 0.784. The predicted molar refractivity (Wildman–Crippen MR) is 117 cm³/mol. The molecule has 27 heavy (non-hydrogen) atoms. The number of nitrogens with one attached hydrogen (secondary N) is 1. The van der Waals surface area contributed by atoms with Crippen molar-refractivity contribution in [3.63, 3.8) is 0 Å². The van der Waals surface area contributed by atoms with E-state index in [1.54, 1.807) is 5.57 Å². The van der Waals surface area contributed by atoms with Gasteiger partial charge in [-0.25, -0.2) is 0 Å². The quantitative estimate of drug-likeness (QED) is 0.494. The second-order valence-corrected chi connectivity index (χ2v) is 8.25. The lowest BCUT2D eigenvalue weighted by atomic mass is 9.94. The molecule has 0 aromatic heterocycles. The topological polar surface area (TPSA) is 15.3 Å². The van der Waals surface area contributed by atoms with Crippen LogP contribution >= 0.6 is 0 Å². The molecule has 0 atom stereocenters. The summed E-state index contributed by atoms with van der Waals surface area (Å²) in [7, 11) is 0. The van der Waals surface area contributed by atoms with Crippen molar-refractivity contribution < 1.29 is 0 Å². The summed E-state index contributed by atoms with van der Waals surface area (Å²) in [4.78, 5) is 2.74. The Hall–Kier alpha value is -1.38. The standard InChI is InChI=1S/C25H38N2/c1-4-12-23(13-5-1)14-10-11-19-26-20-21-27(25-17-8-3-9-18-25)22-24-15-6-2-7-16-24/h1-2,4,6-7,12,15-16,25-26H,3,5,8-11,13-14,17-22H2. The predicted octanol–water partition coefficient (Wildman–Crippen LogP) is 5.86. The molecule has 3 rings (SSSR count). The van der Waals surface area contributed by atoms with Crippen molar-refractivity contribution in [3.8, 4) is 0 Å². The second kappa shape index (κ2) is 12.2. The summed E-state index contributed by atoms with van der Waals surface area (Å²) in [6.45, 7) is 4.56. The fourth-order valence-electron chi connectivity index (χ4n) is 4.47. The molecule has 2 heteroatoms. The van der Waals surface area contributed by atoms with E-state index in [0.29, 0.717) is 0 Å². The van der Waals surface area contributed by atoms with Gasteiger partial charge in [-0.2, -0.15) is 0 Å². The molecule has 0 amide bonds. The first-order chi connectivity index (χ1) is 13.4. The molecule has 0 aliphatic heterocycles. The maximum Gasteiger partial charge on any atom is 0.0237 e. The van der Waals surface area contributed by atoms with Crippen molar-refractivity contribution in [3.05, 3.63) is 59.7 Å². The van der Waals surface area contributed by atoms with E-state index >= 15 is 0 Å². The third kappa shape index (κ3) is 7.63. The summed E-state index contributed by atoms with van der Waals surface area (Å²) in [5.41, 5.74) is 3.10. The van der Waals surface area contributed by atoms with Crippen LogP contribution in [-0.2, 0) is 6.54 Å². The van der Waals surface area contributed by atoms with Gasteiger partial charge in [-0.05, 0) is 57.1 Å². The van der Waals surface area contributed by atoms with Gasteiger partial charge in [0.2, 0.25) is 0 Å². The van der Waals surface area contributed by atoms with Gasteiger partial charge in [0.1, 0.15) is 0 Å². The van der Waals surface area contributed by atoms with E-state index in [4.69, 9.17) is 0 Å². The average Bonchev–Trinajstić information content (AvgIpc) is 2.74. The normalized spacial score (nSPS) is 18.0. The molecule has 2 nitrogen and oxygen atoms in total. The fraction of sp³-hybridized carbons (Fsp3) is 0.600. The highest BCUT2D eigenvalue weighted by Crippen LogP contribution is 2.24. The van der Waals surface area contributed by atoms with Crippen LogP contribution in [0.4, 0.5) is 0 Å². The molecule has 1 aromatic rings. The van der Waals surface area contributed by atoms with Gasteiger partial charge in [0.05, 0.1) is 0 Å². The molecule has 1 fully saturated rings. The van der Waals surface area contributed by atoms with Crippen molar-refractivity contribution in [2.45, 2.75) is 76.8 Å². The van der Waals surface area contributed by atoms with Crippen molar-refractivity contribution in [1.82, 2.24) is 10.2 Å². The van der Waals surface area contributed by atoms with E-state index in [1.165, 1.54) is 76.3 Å². The second-order valence-electron chi connectivity index (χ2n) is 8.25. The molecule has 0 bridgehead atoms. The lowest BCUT2D eigenvalue weighted by Crippen LogP contribution is -2.40. The van der Waals surface area contributed by atoms with Crippen molar-refractivity contribution in [2.24, 2.45) is 0 Å². The first-order valence-electron chi connectivity index (χ1n) is 11.2. The van der Waals surface area contributed by atoms with Crippen LogP contribution in [0.1, 0.15) is 69.8 Å². The molecule has 1 saturated carbocycles. The number of hydrogen-bond donors (Lipinski definition) is 1. The van der Waals surface area contributed by atoms with Crippen molar-refractivity contribution >= 4 is 0 Å². The van der Waals surface area contributed by atoms with Gasteiger partial charge < -0.3 is 5.32 Å². The molecule has 148 valence electrons. The summed E-state index contributed by atoms with van der Waals surface area (Å²) in [6, 6.07) is 11.8. The monoisotopic (exact) mass is 366 g/mol. The summed E-state index contributed by atoms with van der Waals surface area (Å²) in [5.74, 6) is 0. The molecule has 1 aromatic carbocycles. The minimum atomic E-state index is 0.784. The van der Waals surface area contributed by atoms with E-state index in [-0.39, 0.29) is 0 Å². The van der Waals surface area contributed by atoms with Gasteiger partial charge in [0, 0.05) is 25.7 Å². The Morgan fingerprint density at radius 3 is 2.59 bits per heavy atom. The Morgan fingerprint density at radius 1 is 0.963 bits per heavy atom. The lowest BCUT2D eigenvalue weighted by Gasteiger charge is -2.34. The van der Waals surface area contributed by atoms with Crippen LogP contribution in [0.5, 0.6) is 0 Å². The van der Waals surface area contributed by atoms with Gasteiger partial charge in [-0.3, -0.25) is 4.90 Å². The molecule has 0 radical (unpaired) electrons. The number of hydrogen-bond acceptors (Lipinski definition) is 2. The van der Waals surface area contributed by atoms with Gasteiger partial charge in [-0.15, -0.1) is 0 Å². The number of unbranched alkanes of at least 4 members (excludes halogenated alkanes) is 1. The summed E-state index contributed by atoms with van der Waals surface area (Å²) in [6.07, 6.45) is 20.3. The van der Waals surface area contributed by atoms with E-state index in [2.05, 4.69) is 58.8 Å². The van der Waals surface area contributed by atoms with Crippen LogP contribution in [0.2, 0.25) is 0 Å². The lowest BCUT2D eigenvalue weighted by molar-refractivity contribution is 0.149. The zero-order chi connectivity index (χ0) is 18.6. The first kappa shape index (κ1) is 20.4. The summed E-state index contributed by atoms with van der Waals surface area (Å²) in [5, 5.41) is 3.70. The van der Waals surface area contributed by atoms with E-state index in [9.17, 15) is 0 Å². The van der Waals surface area contributed by atoms with E-state index in [1.807, 2.05) is 0 Å². The maximum atomic E-state index is 3.70. The minimum Gasteiger partial charge on any atom is -0.315 e. The van der Waals surface area contributed by atoms with Crippen LogP contribution in [0.3, 0.4) is 0 Å². The Labute approximate surface area is 166 Å². The molecule has 2 aliphatic carbocycles. The van der Waals surface area contributed by atoms with Crippen molar-refractivity contribution in [2.75, 3.05) is 19.6 Å². The molecule has 1 N–H and O–H groups in total. The molecular formula is C25H38N2. The Morgan fingerprint density at radius 2 is 1.81 bits per heavy atom. The van der Waals surface area contributed by atoms with Crippen LogP contribution < -0.4 is 5.32 Å². The highest BCUT2D eigenvalue weighted by molar-refractivity contribution is 5.17. The molecule has 0 saturated heterocycles. The van der Waals surface area contributed by atoms with E-state index in [0.717, 1.165) is 25.7 Å². The maximum absolute atomic E-state index is 3.70. The first-order valence-corrected chi connectivity index (χ1v) is 11.2. The number of rotatable bonds is 11. The zero-order valence-electron chi connectivity index (χ0n) is 17.0. The third-order valence-electron chi connectivity index (χ3n) is 6.10. The highest BCUT2D eigenvalue weighted by Gasteiger charge is 2.20. The zero-order valence-corrected chi connectivity index (χ0v) is 17.0. The number of nitrogens with zero attached hydrogens (tertiary/aromatic N) is 1. The number of allylic oxidation sites excluding steroid dienone is 4. The highest BCUT2D eigenvalue weighted by atomic mass is 15.2. The smallest absolute Gasteiger partial charge is 0.0237 e. The Kier molecular flexibility index (Phi) is 9.16.